The number of rotatable bonds is 9. The molecular weight excluding hydrogens is 284 g/mol. The maximum Gasteiger partial charge on any atom is 0.264 e. The molecule has 0 spiro atoms. The fraction of sp³-hybridized carbons (Fsp3) is 0.778. The number of hydrogen-bond acceptors (Lipinski definition) is 7. The second-order valence-electron chi connectivity index (χ2n) is 3.83. The van der Waals surface area contributed by atoms with E-state index >= 15 is 0 Å². The molecule has 0 heterocycles. The minimum Gasteiger partial charge on any atom is -0.390 e. The van der Waals surface area contributed by atoms with E-state index in [1.807, 2.05) is 0 Å². The molecule has 0 aliphatic carbocycles. The van der Waals surface area contributed by atoms with E-state index in [4.69, 9.17) is 0 Å². The lowest BCUT2D eigenvalue weighted by molar-refractivity contribution is 0.0404. The van der Waals surface area contributed by atoms with Gasteiger partial charge in [0.1, 0.15) is 0 Å². The zero-order chi connectivity index (χ0) is 14.4. The fourth-order valence-corrected chi connectivity index (χ4v) is 1.90. The van der Waals surface area contributed by atoms with E-state index in [9.17, 15) is 21.9 Å². The van der Waals surface area contributed by atoms with Gasteiger partial charge in [-0.05, 0) is 6.42 Å². The zero-order valence-corrected chi connectivity index (χ0v) is 11.9. The quantitative estimate of drug-likeness (QED) is 0.451. The molecule has 0 aliphatic rings. The predicted molar refractivity (Wildman–Crippen MR) is 65.9 cm³/mol. The third kappa shape index (κ3) is 9.54. The summed E-state index contributed by atoms with van der Waals surface area (Å²) in [5.41, 5.74) is 0. The molecule has 0 saturated carbocycles. The van der Waals surface area contributed by atoms with Crippen LogP contribution in [0.15, 0.2) is 12.7 Å². The second kappa shape index (κ2) is 7.19. The van der Waals surface area contributed by atoms with Crippen molar-refractivity contribution in [3.63, 3.8) is 0 Å². The van der Waals surface area contributed by atoms with Gasteiger partial charge in [-0.1, -0.05) is 6.08 Å². The maximum atomic E-state index is 10.8. The number of hydrogen-bond donors (Lipinski definition) is 1. The lowest BCUT2D eigenvalue weighted by Gasteiger charge is -2.20. The van der Waals surface area contributed by atoms with Crippen LogP contribution in [0.25, 0.3) is 0 Å². The summed E-state index contributed by atoms with van der Waals surface area (Å²) in [6.07, 6.45) is 2.32. The Morgan fingerprint density at radius 3 is 1.94 bits per heavy atom. The summed E-state index contributed by atoms with van der Waals surface area (Å²) in [5.74, 6) is -0.612. The van der Waals surface area contributed by atoms with Crippen LogP contribution in [0.3, 0.4) is 0 Å². The van der Waals surface area contributed by atoms with Gasteiger partial charge in [-0.15, -0.1) is 6.58 Å². The summed E-state index contributed by atoms with van der Waals surface area (Å²) < 4.78 is 52.1. The molecule has 18 heavy (non-hydrogen) atoms. The molecule has 0 radical (unpaired) electrons. The molecule has 7 nitrogen and oxygen atoms in total. The van der Waals surface area contributed by atoms with Gasteiger partial charge in [0.15, 0.2) is 0 Å². The van der Waals surface area contributed by atoms with E-state index in [0.29, 0.717) is 0 Å². The molecule has 0 aliphatic heterocycles. The van der Waals surface area contributed by atoms with Crippen LogP contribution in [0.2, 0.25) is 0 Å². The van der Waals surface area contributed by atoms with Crippen molar-refractivity contribution in [2.24, 2.45) is 5.92 Å². The van der Waals surface area contributed by atoms with Crippen LogP contribution in [-0.4, -0.2) is 53.8 Å². The topological polar surface area (TPSA) is 107 Å². The van der Waals surface area contributed by atoms with Gasteiger partial charge in [0, 0.05) is 5.92 Å². The molecule has 0 aromatic rings. The van der Waals surface area contributed by atoms with Gasteiger partial charge in [-0.2, -0.15) is 16.8 Å². The molecule has 0 saturated heterocycles. The first kappa shape index (κ1) is 17.5. The third-order valence-corrected chi connectivity index (χ3v) is 3.09. The highest BCUT2D eigenvalue weighted by Crippen LogP contribution is 2.13. The van der Waals surface area contributed by atoms with Crippen molar-refractivity contribution in [2.45, 2.75) is 12.5 Å². The predicted octanol–water partition coefficient (Wildman–Crippen LogP) is -0.508. The molecule has 0 unspecified atom stereocenters. The van der Waals surface area contributed by atoms with Gasteiger partial charge in [0.25, 0.3) is 20.2 Å². The molecule has 108 valence electrons. The van der Waals surface area contributed by atoms with E-state index in [2.05, 4.69) is 14.9 Å². The molecule has 0 aromatic heterocycles. The van der Waals surface area contributed by atoms with Gasteiger partial charge < -0.3 is 5.11 Å². The zero-order valence-electron chi connectivity index (χ0n) is 10.3. The minimum atomic E-state index is -3.66. The van der Waals surface area contributed by atoms with E-state index in [1.165, 1.54) is 6.08 Å². The Hall–Kier alpha value is -0.480. The van der Waals surface area contributed by atoms with Crippen molar-refractivity contribution in [3.05, 3.63) is 12.7 Å². The maximum absolute atomic E-state index is 10.8. The number of allylic oxidation sites excluding steroid dienone is 1. The van der Waals surface area contributed by atoms with E-state index in [1.54, 1.807) is 0 Å². The highest BCUT2D eigenvalue weighted by atomic mass is 32.2. The van der Waals surface area contributed by atoms with Crippen molar-refractivity contribution in [3.8, 4) is 0 Å². The standard InChI is InChI=1S/C9H18O7S2/c1-4-5-8(6-15-17(2,11)12)9(10)7-16-18(3,13)14/h4,8-10H,1,5-7H2,2-3H3/t8-,9+/m1/s1. The van der Waals surface area contributed by atoms with Crippen molar-refractivity contribution in [2.75, 3.05) is 25.7 Å². The summed E-state index contributed by atoms with van der Waals surface area (Å²) >= 11 is 0. The molecule has 9 heteroatoms. The summed E-state index contributed by atoms with van der Waals surface area (Å²) in [6, 6.07) is 0. The normalized spacial score (nSPS) is 16.2. The van der Waals surface area contributed by atoms with Crippen LogP contribution >= 0.6 is 0 Å². The van der Waals surface area contributed by atoms with E-state index in [0.717, 1.165) is 12.5 Å². The lowest BCUT2D eigenvalue weighted by Crippen LogP contribution is -2.30. The summed E-state index contributed by atoms with van der Waals surface area (Å²) in [7, 11) is -7.27. The Morgan fingerprint density at radius 1 is 1.11 bits per heavy atom. The van der Waals surface area contributed by atoms with Crippen molar-refractivity contribution < 1.29 is 30.3 Å². The summed E-state index contributed by atoms with van der Waals surface area (Å²) in [6.45, 7) is 2.74. The Kier molecular flexibility index (Phi) is 7.00. The van der Waals surface area contributed by atoms with E-state index in [-0.39, 0.29) is 13.0 Å². The first-order valence-electron chi connectivity index (χ1n) is 5.03. The van der Waals surface area contributed by atoms with Crippen LogP contribution in [0.1, 0.15) is 6.42 Å². The Bertz CT molecular complexity index is 451. The average Bonchev–Trinajstić information content (AvgIpc) is 2.18. The highest BCUT2D eigenvalue weighted by molar-refractivity contribution is 7.86. The molecule has 0 bridgehead atoms. The van der Waals surface area contributed by atoms with Gasteiger partial charge in [-0.25, -0.2) is 0 Å². The molecule has 0 aromatic carbocycles. The third-order valence-electron chi connectivity index (χ3n) is 1.96. The molecule has 0 rings (SSSR count). The van der Waals surface area contributed by atoms with Gasteiger partial charge in [0.2, 0.25) is 0 Å². The lowest BCUT2D eigenvalue weighted by atomic mass is 10.0. The highest BCUT2D eigenvalue weighted by Gasteiger charge is 2.22. The van der Waals surface area contributed by atoms with Crippen LogP contribution in [0.4, 0.5) is 0 Å². The van der Waals surface area contributed by atoms with Crippen molar-refractivity contribution in [1.29, 1.82) is 0 Å². The molecular formula is C9H18O7S2. The Morgan fingerprint density at radius 2 is 1.56 bits per heavy atom. The second-order valence-corrected chi connectivity index (χ2v) is 7.12. The Labute approximate surface area is 108 Å². The first-order chi connectivity index (χ1) is 8.05. The van der Waals surface area contributed by atoms with E-state index < -0.39 is 38.9 Å². The van der Waals surface area contributed by atoms with Crippen LogP contribution < -0.4 is 0 Å². The van der Waals surface area contributed by atoms with Crippen LogP contribution in [0, 0.1) is 5.92 Å². The van der Waals surface area contributed by atoms with Gasteiger partial charge >= 0.3 is 0 Å². The van der Waals surface area contributed by atoms with Crippen LogP contribution in [0.5, 0.6) is 0 Å². The summed E-state index contributed by atoms with van der Waals surface area (Å²) in [4.78, 5) is 0. The number of aliphatic hydroxyl groups excluding tert-OH is 1. The fourth-order valence-electron chi connectivity index (χ4n) is 1.09. The largest absolute Gasteiger partial charge is 0.390 e. The number of aliphatic hydroxyl groups is 1. The van der Waals surface area contributed by atoms with Gasteiger partial charge in [-0.3, -0.25) is 8.37 Å². The molecule has 1 N–H and O–H groups in total. The minimum absolute atomic E-state index is 0.265. The molecule has 0 fully saturated rings. The smallest absolute Gasteiger partial charge is 0.264 e. The van der Waals surface area contributed by atoms with Crippen LogP contribution in [-0.2, 0) is 28.6 Å². The Balaban J connectivity index is 4.44. The van der Waals surface area contributed by atoms with Crippen molar-refractivity contribution >= 4 is 20.2 Å². The van der Waals surface area contributed by atoms with Gasteiger partial charge in [0.05, 0.1) is 31.8 Å². The summed E-state index contributed by atoms with van der Waals surface area (Å²) in [5, 5.41) is 9.69. The average molecular weight is 302 g/mol. The molecule has 2 atom stereocenters. The molecule has 0 amide bonds. The van der Waals surface area contributed by atoms with Crippen molar-refractivity contribution in [1.82, 2.24) is 0 Å². The first-order valence-corrected chi connectivity index (χ1v) is 8.66. The monoisotopic (exact) mass is 302 g/mol. The SMILES string of the molecule is C=CC[C@H](COS(C)(=O)=O)[C@@H](O)COS(C)(=O)=O.